The van der Waals surface area contributed by atoms with Crippen LogP contribution >= 0.6 is 0 Å². The predicted molar refractivity (Wildman–Crippen MR) is 102 cm³/mol. The van der Waals surface area contributed by atoms with Gasteiger partial charge < -0.3 is 15.5 Å². The fourth-order valence-electron chi connectivity index (χ4n) is 3.71. The molecule has 3 amide bonds. The van der Waals surface area contributed by atoms with Crippen molar-refractivity contribution in [2.24, 2.45) is 0 Å². The molecule has 2 aromatic rings. The summed E-state index contributed by atoms with van der Waals surface area (Å²) >= 11 is 0. The second-order valence-electron chi connectivity index (χ2n) is 7.09. The van der Waals surface area contributed by atoms with Gasteiger partial charge in [0.2, 0.25) is 5.91 Å². The molecule has 0 saturated heterocycles. The van der Waals surface area contributed by atoms with Crippen molar-refractivity contribution in [1.29, 1.82) is 0 Å². The summed E-state index contributed by atoms with van der Waals surface area (Å²) in [4.78, 5) is 38.3. The highest BCUT2D eigenvalue weighted by molar-refractivity contribution is 6.39. The van der Waals surface area contributed by atoms with Crippen LogP contribution in [0.2, 0.25) is 0 Å². The van der Waals surface area contributed by atoms with Crippen LogP contribution in [0.25, 0.3) is 0 Å². The Morgan fingerprint density at radius 2 is 1.81 bits per heavy atom. The van der Waals surface area contributed by atoms with Crippen LogP contribution < -0.4 is 15.5 Å². The van der Waals surface area contributed by atoms with E-state index in [1.165, 1.54) is 0 Å². The number of hydrogen-bond acceptors (Lipinski definition) is 3. The molecule has 0 radical (unpaired) electrons. The van der Waals surface area contributed by atoms with Gasteiger partial charge in [0.1, 0.15) is 0 Å². The largest absolute Gasteiger partial charge is 0.344 e. The first kappa shape index (κ1) is 17.3. The number of amides is 3. The van der Waals surface area contributed by atoms with Crippen molar-refractivity contribution in [3.63, 3.8) is 0 Å². The number of benzene rings is 2. The van der Waals surface area contributed by atoms with E-state index in [-0.39, 0.29) is 5.91 Å². The van der Waals surface area contributed by atoms with E-state index in [4.69, 9.17) is 0 Å². The fraction of sp³-hybridized carbons (Fsp3) is 0.286. The molecule has 0 saturated carbocycles. The van der Waals surface area contributed by atoms with Crippen LogP contribution in [0.4, 0.5) is 11.4 Å². The minimum absolute atomic E-state index is 0.102. The zero-order chi connectivity index (χ0) is 19.0. The summed E-state index contributed by atoms with van der Waals surface area (Å²) in [5, 5.41) is 5.30. The number of rotatable bonds is 3. The predicted octanol–water partition coefficient (Wildman–Crippen LogP) is 2.09. The lowest BCUT2D eigenvalue weighted by Crippen LogP contribution is -2.35. The van der Waals surface area contributed by atoms with Gasteiger partial charge in [-0.3, -0.25) is 14.4 Å². The first-order valence-electron chi connectivity index (χ1n) is 9.12. The van der Waals surface area contributed by atoms with Crippen molar-refractivity contribution in [2.45, 2.75) is 32.7 Å². The smallest absolute Gasteiger partial charge is 0.313 e. The van der Waals surface area contributed by atoms with Crippen LogP contribution in [0, 0.1) is 6.92 Å². The Hall–Kier alpha value is -3.15. The molecule has 6 heteroatoms. The molecule has 6 nitrogen and oxygen atoms in total. The number of nitrogens with one attached hydrogen (secondary N) is 2. The van der Waals surface area contributed by atoms with Crippen molar-refractivity contribution in [3.8, 4) is 0 Å². The third-order valence-electron chi connectivity index (χ3n) is 5.05. The molecular formula is C21H21N3O3. The normalized spacial score (nSPS) is 14.7. The number of carbonyl (C=O) groups excluding carboxylic acids is 3. The highest BCUT2D eigenvalue weighted by Crippen LogP contribution is 2.38. The number of nitrogens with zero attached hydrogens (tertiary/aromatic N) is 1. The maximum atomic E-state index is 12.2. The molecule has 2 aliphatic heterocycles. The van der Waals surface area contributed by atoms with Gasteiger partial charge in [0, 0.05) is 18.8 Å². The SMILES string of the molecule is Cc1ccc(CNC(=O)C(=O)Nc2cc3c4c(c2)CC(=O)N4CCC3)cc1. The van der Waals surface area contributed by atoms with Gasteiger partial charge in [-0.1, -0.05) is 29.8 Å². The molecule has 0 aromatic heterocycles. The molecular weight excluding hydrogens is 342 g/mol. The van der Waals surface area contributed by atoms with E-state index < -0.39 is 11.8 Å². The molecule has 0 aliphatic carbocycles. The summed E-state index contributed by atoms with van der Waals surface area (Å²) in [5.74, 6) is -1.28. The van der Waals surface area contributed by atoms with E-state index in [9.17, 15) is 14.4 Å². The van der Waals surface area contributed by atoms with E-state index in [1.54, 1.807) is 6.07 Å². The number of anilines is 2. The molecule has 2 N–H and O–H groups in total. The standard InChI is InChI=1S/C21H21N3O3/c1-13-4-6-14(7-5-13)12-22-20(26)21(27)23-17-9-15-3-2-8-24-18(25)11-16(10-17)19(15)24/h4-7,9-10H,2-3,8,11-12H2,1H3,(H,22,26)(H,23,27). The average Bonchev–Trinajstić information content (AvgIpc) is 2.98. The summed E-state index contributed by atoms with van der Waals surface area (Å²) in [7, 11) is 0. The third-order valence-corrected chi connectivity index (χ3v) is 5.05. The average molecular weight is 363 g/mol. The Balaban J connectivity index is 1.42. The Morgan fingerprint density at radius 3 is 2.59 bits per heavy atom. The third kappa shape index (κ3) is 3.43. The Morgan fingerprint density at radius 1 is 1.07 bits per heavy atom. The number of carbonyl (C=O) groups is 3. The van der Waals surface area contributed by atoms with Crippen molar-refractivity contribution in [1.82, 2.24) is 5.32 Å². The fourth-order valence-corrected chi connectivity index (χ4v) is 3.71. The molecule has 2 aromatic carbocycles. The van der Waals surface area contributed by atoms with E-state index in [2.05, 4.69) is 10.6 Å². The van der Waals surface area contributed by atoms with Gasteiger partial charge in [-0.2, -0.15) is 0 Å². The van der Waals surface area contributed by atoms with Gasteiger partial charge >= 0.3 is 11.8 Å². The number of aryl methyl sites for hydroxylation is 2. The van der Waals surface area contributed by atoms with E-state index in [0.29, 0.717) is 18.7 Å². The molecule has 138 valence electrons. The minimum Gasteiger partial charge on any atom is -0.344 e. The van der Waals surface area contributed by atoms with Gasteiger partial charge in [-0.05, 0) is 48.6 Å². The monoisotopic (exact) mass is 363 g/mol. The molecule has 4 rings (SSSR count). The lowest BCUT2D eigenvalue weighted by Gasteiger charge is -2.26. The van der Waals surface area contributed by atoms with Crippen molar-refractivity contribution < 1.29 is 14.4 Å². The van der Waals surface area contributed by atoms with Crippen molar-refractivity contribution in [2.75, 3.05) is 16.8 Å². The first-order chi connectivity index (χ1) is 13.0. The zero-order valence-electron chi connectivity index (χ0n) is 15.2. The summed E-state index contributed by atoms with van der Waals surface area (Å²) in [5.41, 5.74) is 5.61. The van der Waals surface area contributed by atoms with Crippen molar-refractivity contribution in [3.05, 3.63) is 58.7 Å². The van der Waals surface area contributed by atoms with E-state index >= 15 is 0 Å². The molecule has 27 heavy (non-hydrogen) atoms. The van der Waals surface area contributed by atoms with E-state index in [1.807, 2.05) is 42.2 Å². The molecule has 2 aliphatic rings. The second kappa shape index (κ2) is 6.87. The van der Waals surface area contributed by atoms with Crippen LogP contribution in [-0.4, -0.2) is 24.3 Å². The molecule has 0 bridgehead atoms. The molecule has 0 unspecified atom stereocenters. The Kier molecular flexibility index (Phi) is 4.39. The lowest BCUT2D eigenvalue weighted by molar-refractivity contribution is -0.136. The topological polar surface area (TPSA) is 78.5 Å². The zero-order valence-corrected chi connectivity index (χ0v) is 15.2. The maximum Gasteiger partial charge on any atom is 0.313 e. The summed E-state index contributed by atoms with van der Waals surface area (Å²) < 4.78 is 0. The van der Waals surface area contributed by atoms with Crippen LogP contribution in [0.3, 0.4) is 0 Å². The highest BCUT2D eigenvalue weighted by Gasteiger charge is 2.32. The maximum absolute atomic E-state index is 12.2. The van der Waals surface area contributed by atoms with E-state index in [0.717, 1.165) is 47.3 Å². The molecule has 2 heterocycles. The summed E-state index contributed by atoms with van der Waals surface area (Å²) in [6.07, 6.45) is 2.13. The van der Waals surface area contributed by atoms with Gasteiger partial charge in [0.05, 0.1) is 12.1 Å². The number of hydrogen-bond donors (Lipinski definition) is 2. The van der Waals surface area contributed by atoms with Gasteiger partial charge in [-0.15, -0.1) is 0 Å². The van der Waals surface area contributed by atoms with Gasteiger partial charge in [0.15, 0.2) is 0 Å². The van der Waals surface area contributed by atoms with Crippen LogP contribution in [0.1, 0.15) is 28.7 Å². The van der Waals surface area contributed by atoms with Gasteiger partial charge in [0.25, 0.3) is 0 Å². The summed E-state index contributed by atoms with van der Waals surface area (Å²) in [6, 6.07) is 11.4. The van der Waals surface area contributed by atoms with Gasteiger partial charge in [-0.25, -0.2) is 0 Å². The van der Waals surface area contributed by atoms with Crippen LogP contribution in [-0.2, 0) is 33.8 Å². The lowest BCUT2D eigenvalue weighted by atomic mass is 9.99. The molecule has 0 atom stereocenters. The summed E-state index contributed by atoms with van der Waals surface area (Å²) in [6.45, 7) is 3.05. The second-order valence-corrected chi connectivity index (χ2v) is 7.09. The highest BCUT2D eigenvalue weighted by atomic mass is 16.2. The first-order valence-corrected chi connectivity index (χ1v) is 9.12. The molecule has 0 spiro atoms. The minimum atomic E-state index is -0.703. The quantitative estimate of drug-likeness (QED) is 0.820. The van der Waals surface area contributed by atoms with Crippen LogP contribution in [0.15, 0.2) is 36.4 Å². The van der Waals surface area contributed by atoms with Crippen LogP contribution in [0.5, 0.6) is 0 Å². The Labute approximate surface area is 157 Å². The van der Waals surface area contributed by atoms with Crippen molar-refractivity contribution >= 4 is 29.1 Å². The molecule has 0 fully saturated rings. The Bertz CT molecular complexity index is 934.